The second-order valence-electron chi connectivity index (χ2n) is 13.5. The third-order valence-corrected chi connectivity index (χ3v) is 8.75. The zero-order valence-corrected chi connectivity index (χ0v) is 30.7. The van der Waals surface area contributed by atoms with Crippen LogP contribution < -0.4 is 16.0 Å². The average Bonchev–Trinajstić information content (AvgIpc) is 3.20. The molecule has 13 nitrogen and oxygen atoms in total. The lowest BCUT2D eigenvalue weighted by atomic mass is 9.98. The minimum atomic E-state index is -2.26. The summed E-state index contributed by atoms with van der Waals surface area (Å²) in [4.78, 5) is 52.7. The summed E-state index contributed by atoms with van der Waals surface area (Å²) < 4.78 is 11.2. The molecule has 0 aliphatic heterocycles. The number of ether oxygens (including phenoxy) is 2. The maximum Gasteiger partial charge on any atom is 0.408 e. The Labute approximate surface area is 320 Å². The van der Waals surface area contributed by atoms with Crippen LogP contribution in [-0.4, -0.2) is 81.3 Å². The molecule has 0 spiro atoms. The molecule has 0 aromatic heterocycles. The summed E-state index contributed by atoms with van der Waals surface area (Å²) in [6, 6.07) is 32.0. The van der Waals surface area contributed by atoms with Gasteiger partial charge < -0.3 is 45.9 Å². The van der Waals surface area contributed by atoms with Crippen LogP contribution in [0.15, 0.2) is 121 Å². The quantitative estimate of drug-likeness (QED) is 0.0695. The van der Waals surface area contributed by atoms with Gasteiger partial charge in [-0.1, -0.05) is 135 Å². The van der Waals surface area contributed by atoms with E-state index < -0.39 is 73.0 Å². The van der Waals surface area contributed by atoms with Crippen molar-refractivity contribution in [1.82, 2.24) is 16.0 Å². The van der Waals surface area contributed by atoms with Crippen molar-refractivity contribution in [2.75, 3.05) is 6.61 Å². The second-order valence-corrected chi connectivity index (χ2v) is 13.5. The van der Waals surface area contributed by atoms with E-state index in [0.29, 0.717) is 5.56 Å². The van der Waals surface area contributed by atoms with Gasteiger partial charge in [0, 0.05) is 0 Å². The van der Waals surface area contributed by atoms with Crippen LogP contribution in [0.3, 0.4) is 0 Å². The topological polar surface area (TPSA) is 204 Å². The van der Waals surface area contributed by atoms with E-state index in [0.717, 1.165) is 16.7 Å². The lowest BCUT2D eigenvalue weighted by molar-refractivity contribution is -0.149. The van der Waals surface area contributed by atoms with Gasteiger partial charge >= 0.3 is 12.1 Å². The number of alkyl carbamates (subject to hydrolysis) is 1. The Balaban J connectivity index is 1.41. The fourth-order valence-corrected chi connectivity index (χ4v) is 5.84. The first-order chi connectivity index (χ1) is 26.5. The molecule has 0 aliphatic carbocycles. The maximum atomic E-state index is 13.5. The van der Waals surface area contributed by atoms with Gasteiger partial charge in [0.25, 0.3) is 5.91 Å². The van der Waals surface area contributed by atoms with Gasteiger partial charge in [-0.05, 0) is 34.6 Å². The molecule has 0 heterocycles. The van der Waals surface area contributed by atoms with Crippen LogP contribution in [0.25, 0.3) is 0 Å². The Morgan fingerprint density at radius 3 is 1.65 bits per heavy atom. The molecule has 55 heavy (non-hydrogen) atoms. The number of rotatable bonds is 19. The molecule has 6 atom stereocenters. The summed E-state index contributed by atoms with van der Waals surface area (Å²) in [5.74, 6) is -2.68. The Morgan fingerprint density at radius 1 is 0.636 bits per heavy atom. The van der Waals surface area contributed by atoms with E-state index in [1.54, 1.807) is 54.6 Å². The predicted molar refractivity (Wildman–Crippen MR) is 203 cm³/mol. The average molecular weight is 756 g/mol. The number of carbonyl (C=O) groups excluding carboxylic acids is 4. The molecule has 4 aromatic rings. The van der Waals surface area contributed by atoms with Gasteiger partial charge in [0.15, 0.2) is 12.2 Å². The van der Waals surface area contributed by atoms with Crippen molar-refractivity contribution in [1.29, 1.82) is 0 Å². The van der Waals surface area contributed by atoms with Crippen LogP contribution in [0.1, 0.15) is 61.1 Å². The summed E-state index contributed by atoms with van der Waals surface area (Å²) in [5, 5.41) is 50.3. The first kappa shape index (κ1) is 42.1. The molecule has 0 saturated carbocycles. The molecule has 0 fully saturated rings. The highest BCUT2D eigenvalue weighted by atomic mass is 16.6. The highest BCUT2D eigenvalue weighted by Crippen LogP contribution is 2.28. The van der Waals surface area contributed by atoms with Gasteiger partial charge in [0.2, 0.25) is 5.91 Å². The zero-order chi connectivity index (χ0) is 39.7. The van der Waals surface area contributed by atoms with E-state index >= 15 is 0 Å². The smallest absolute Gasteiger partial charge is 0.408 e. The van der Waals surface area contributed by atoms with Crippen LogP contribution in [0.4, 0.5) is 4.79 Å². The highest BCUT2D eigenvalue weighted by molar-refractivity contribution is 5.86. The van der Waals surface area contributed by atoms with Crippen molar-refractivity contribution in [2.24, 2.45) is 5.92 Å². The lowest BCUT2D eigenvalue weighted by Crippen LogP contribution is -2.59. The number of aliphatic hydroxyl groups is 4. The molecule has 0 aliphatic rings. The first-order valence-corrected chi connectivity index (χ1v) is 18.0. The Hall–Kier alpha value is -5.60. The highest BCUT2D eigenvalue weighted by Gasteiger charge is 2.38. The van der Waals surface area contributed by atoms with E-state index in [9.17, 15) is 39.6 Å². The van der Waals surface area contributed by atoms with Crippen molar-refractivity contribution >= 4 is 23.9 Å². The largest absolute Gasteiger partial charge is 0.452 e. The van der Waals surface area contributed by atoms with E-state index in [2.05, 4.69) is 16.0 Å². The normalized spacial score (nSPS) is 14.5. The van der Waals surface area contributed by atoms with Crippen molar-refractivity contribution < 1.29 is 49.1 Å². The third-order valence-electron chi connectivity index (χ3n) is 8.75. The molecule has 0 saturated heterocycles. The SMILES string of the molecule is CC(C)C[C@H](NC(=O)OCc1ccccc1)C(=O)N[C@@H](CO)[C@@H](O)[C@@H](O)[C@H](O)C(=O)N[C@@H](CC(=O)OC(c1ccccc1)c1ccccc1)c1ccccc1. The van der Waals surface area contributed by atoms with Crippen molar-refractivity contribution in [3.05, 3.63) is 144 Å². The number of carbonyl (C=O) groups is 4. The molecule has 13 heteroatoms. The Morgan fingerprint density at radius 2 is 1.15 bits per heavy atom. The Kier molecular flexibility index (Phi) is 16.3. The third kappa shape index (κ3) is 13.0. The summed E-state index contributed by atoms with van der Waals surface area (Å²) in [6.45, 7) is 2.71. The second kappa shape index (κ2) is 21.3. The standard InChI is InChI=1S/C42H49N3O10/c1-27(2)23-33(45-42(53)54-26-28-15-7-3-8-16-28)40(51)44-34(25-46)36(48)37(49)38(50)41(52)43-32(29-17-9-4-10-18-29)24-35(47)55-39(30-19-11-5-12-20-30)31-21-13-6-14-22-31/h3-22,27,32-34,36-39,46,48-50H,23-26H2,1-2H3,(H,43,52)(H,44,51)(H,45,53)/t32-,33-,34-,36+,37+,38-/m0/s1. The summed E-state index contributed by atoms with van der Waals surface area (Å²) in [7, 11) is 0. The molecule has 4 rings (SSSR count). The summed E-state index contributed by atoms with van der Waals surface area (Å²) in [6.07, 6.45) is -8.32. The predicted octanol–water partition coefficient (Wildman–Crippen LogP) is 3.47. The number of amides is 3. The number of benzene rings is 4. The van der Waals surface area contributed by atoms with Crippen molar-refractivity contribution in [2.45, 2.75) is 75.8 Å². The Bertz CT molecular complexity index is 1740. The molecular weight excluding hydrogens is 706 g/mol. The molecule has 0 radical (unpaired) electrons. The maximum absolute atomic E-state index is 13.5. The summed E-state index contributed by atoms with van der Waals surface area (Å²) in [5.41, 5.74) is 2.69. The van der Waals surface area contributed by atoms with E-state index in [1.807, 2.05) is 80.6 Å². The van der Waals surface area contributed by atoms with Crippen molar-refractivity contribution in [3.63, 3.8) is 0 Å². The molecule has 292 valence electrons. The molecule has 0 bridgehead atoms. The fourth-order valence-electron chi connectivity index (χ4n) is 5.84. The molecule has 4 aromatic carbocycles. The minimum Gasteiger partial charge on any atom is -0.452 e. The molecule has 7 N–H and O–H groups in total. The number of nitrogens with one attached hydrogen (secondary N) is 3. The monoisotopic (exact) mass is 755 g/mol. The van der Waals surface area contributed by atoms with Gasteiger partial charge in [-0.15, -0.1) is 0 Å². The fraction of sp³-hybridized carbons (Fsp3) is 0.333. The van der Waals surface area contributed by atoms with Crippen LogP contribution in [-0.2, 0) is 30.5 Å². The molecular formula is C42H49N3O10. The number of aliphatic hydroxyl groups excluding tert-OH is 4. The van der Waals surface area contributed by atoms with Crippen molar-refractivity contribution in [3.8, 4) is 0 Å². The molecule has 0 unspecified atom stereocenters. The van der Waals surface area contributed by atoms with E-state index in [-0.39, 0.29) is 25.4 Å². The van der Waals surface area contributed by atoms with Gasteiger partial charge in [-0.25, -0.2) is 4.79 Å². The van der Waals surface area contributed by atoms with Gasteiger partial charge in [-0.2, -0.15) is 0 Å². The van der Waals surface area contributed by atoms with Gasteiger partial charge in [0.05, 0.1) is 25.1 Å². The van der Waals surface area contributed by atoms with Gasteiger partial charge in [-0.3, -0.25) is 14.4 Å². The summed E-state index contributed by atoms with van der Waals surface area (Å²) >= 11 is 0. The van der Waals surface area contributed by atoms with E-state index in [4.69, 9.17) is 9.47 Å². The van der Waals surface area contributed by atoms with Crippen LogP contribution in [0.2, 0.25) is 0 Å². The lowest BCUT2D eigenvalue weighted by Gasteiger charge is -2.31. The molecule has 3 amide bonds. The zero-order valence-electron chi connectivity index (χ0n) is 30.7. The first-order valence-electron chi connectivity index (χ1n) is 18.0. The number of hydrogen-bond donors (Lipinski definition) is 7. The number of esters is 1. The van der Waals surface area contributed by atoms with Crippen LogP contribution >= 0.6 is 0 Å². The minimum absolute atomic E-state index is 0.0407. The van der Waals surface area contributed by atoms with Gasteiger partial charge in [0.1, 0.15) is 24.9 Å². The van der Waals surface area contributed by atoms with Crippen LogP contribution in [0, 0.1) is 5.92 Å². The van der Waals surface area contributed by atoms with Crippen LogP contribution in [0.5, 0.6) is 0 Å². The number of hydrogen-bond acceptors (Lipinski definition) is 10. The van der Waals surface area contributed by atoms with E-state index in [1.165, 1.54) is 0 Å².